The summed E-state index contributed by atoms with van der Waals surface area (Å²) in [6.07, 6.45) is 4.34. The van der Waals surface area contributed by atoms with Crippen LogP contribution in [0.3, 0.4) is 0 Å². The maximum absolute atomic E-state index is 12.5. The summed E-state index contributed by atoms with van der Waals surface area (Å²) in [7, 11) is 1.72. The predicted octanol–water partition coefficient (Wildman–Crippen LogP) is 0.767. The van der Waals surface area contributed by atoms with Gasteiger partial charge in [0.15, 0.2) is 0 Å². The van der Waals surface area contributed by atoms with Gasteiger partial charge in [0, 0.05) is 38.6 Å². The lowest BCUT2D eigenvalue weighted by molar-refractivity contribution is -0.135. The normalized spacial score (nSPS) is 24.3. The van der Waals surface area contributed by atoms with E-state index in [9.17, 15) is 9.59 Å². The number of ether oxygens (including phenoxy) is 1. The number of carbonyl (C=O) groups excluding carboxylic acids is 2. The Bertz CT molecular complexity index is 402. The number of nitrogens with zero attached hydrogens (tertiary/aromatic N) is 1. The maximum atomic E-state index is 12.5. The van der Waals surface area contributed by atoms with Crippen LogP contribution in [0.4, 0.5) is 0 Å². The third kappa shape index (κ3) is 4.91. The Morgan fingerprint density at radius 2 is 2.09 bits per heavy atom. The lowest BCUT2D eigenvalue weighted by Gasteiger charge is -2.38. The maximum Gasteiger partial charge on any atom is 0.224 e. The highest BCUT2D eigenvalue weighted by molar-refractivity contribution is 5.81. The Kier molecular flexibility index (Phi) is 6.84. The molecule has 0 aromatic rings. The highest BCUT2D eigenvalue weighted by Crippen LogP contribution is 2.28. The van der Waals surface area contributed by atoms with Crippen molar-refractivity contribution in [2.45, 2.75) is 39.0 Å². The van der Waals surface area contributed by atoms with Gasteiger partial charge in [0.2, 0.25) is 11.8 Å². The molecular formula is C17H31N3O3. The van der Waals surface area contributed by atoms with Gasteiger partial charge in [-0.1, -0.05) is 6.92 Å². The number of hydrogen-bond donors (Lipinski definition) is 2. The quantitative estimate of drug-likeness (QED) is 0.757. The predicted molar refractivity (Wildman–Crippen MR) is 89.0 cm³/mol. The fourth-order valence-corrected chi connectivity index (χ4v) is 3.70. The molecule has 2 N–H and O–H groups in total. The molecule has 0 aromatic carbocycles. The third-order valence-electron chi connectivity index (χ3n) is 5.20. The van der Waals surface area contributed by atoms with Gasteiger partial charge in [-0.2, -0.15) is 0 Å². The number of likely N-dealkylation sites (tertiary alicyclic amines) is 1. The average Bonchev–Trinajstić information content (AvgIpc) is 2.60. The summed E-state index contributed by atoms with van der Waals surface area (Å²) < 4.78 is 5.39. The second-order valence-corrected chi connectivity index (χ2v) is 6.93. The Hall–Kier alpha value is -1.14. The van der Waals surface area contributed by atoms with Crippen molar-refractivity contribution >= 4 is 11.8 Å². The van der Waals surface area contributed by atoms with Crippen molar-refractivity contribution in [3.63, 3.8) is 0 Å². The van der Waals surface area contributed by atoms with Gasteiger partial charge in [-0.15, -0.1) is 0 Å². The first-order valence-corrected chi connectivity index (χ1v) is 8.85. The molecule has 6 nitrogen and oxygen atoms in total. The largest absolute Gasteiger partial charge is 0.384 e. The SMILES string of the molecule is CCC(=O)N1CCCC(C(=O)NCC2(COC)CCNCC2)C1. The minimum absolute atomic E-state index is 0.0449. The molecule has 0 aromatic heterocycles. The number of nitrogens with one attached hydrogen (secondary N) is 2. The van der Waals surface area contributed by atoms with Gasteiger partial charge in [-0.25, -0.2) is 0 Å². The number of methoxy groups -OCH3 is 1. The molecule has 23 heavy (non-hydrogen) atoms. The molecule has 0 radical (unpaired) electrons. The third-order valence-corrected chi connectivity index (χ3v) is 5.20. The van der Waals surface area contributed by atoms with Crippen LogP contribution in [0.25, 0.3) is 0 Å². The van der Waals surface area contributed by atoms with E-state index in [1.807, 2.05) is 11.8 Å². The van der Waals surface area contributed by atoms with Crippen LogP contribution in [0.5, 0.6) is 0 Å². The van der Waals surface area contributed by atoms with Crippen LogP contribution < -0.4 is 10.6 Å². The molecular weight excluding hydrogens is 294 g/mol. The second-order valence-electron chi connectivity index (χ2n) is 6.93. The standard InChI is InChI=1S/C17H31N3O3/c1-3-15(21)20-10-4-5-14(11-20)16(22)19-12-17(13-23-2)6-8-18-9-7-17/h14,18H,3-13H2,1-2H3,(H,19,22). The van der Waals surface area contributed by atoms with Crippen molar-refractivity contribution in [3.8, 4) is 0 Å². The number of piperidine rings is 2. The van der Waals surface area contributed by atoms with Crippen molar-refractivity contribution in [3.05, 3.63) is 0 Å². The highest BCUT2D eigenvalue weighted by Gasteiger charge is 2.34. The summed E-state index contributed by atoms with van der Waals surface area (Å²) in [5.74, 6) is 0.171. The highest BCUT2D eigenvalue weighted by atomic mass is 16.5. The van der Waals surface area contributed by atoms with Gasteiger partial charge in [-0.3, -0.25) is 9.59 Å². The van der Waals surface area contributed by atoms with Crippen LogP contribution in [0.1, 0.15) is 39.0 Å². The summed E-state index contributed by atoms with van der Waals surface area (Å²) in [6, 6.07) is 0. The van der Waals surface area contributed by atoms with Crippen molar-refractivity contribution in [2.24, 2.45) is 11.3 Å². The first-order valence-electron chi connectivity index (χ1n) is 8.85. The van der Waals surface area contributed by atoms with E-state index in [2.05, 4.69) is 10.6 Å². The summed E-state index contributed by atoms with van der Waals surface area (Å²) in [5, 5.41) is 6.50. The monoisotopic (exact) mass is 325 g/mol. The Labute approximate surface area is 139 Å². The van der Waals surface area contributed by atoms with Crippen LogP contribution in [-0.2, 0) is 14.3 Å². The molecule has 2 aliphatic heterocycles. The first kappa shape index (κ1) is 18.2. The molecule has 0 saturated carbocycles. The van der Waals surface area contributed by atoms with Crippen LogP contribution >= 0.6 is 0 Å². The van der Waals surface area contributed by atoms with Crippen LogP contribution in [0.15, 0.2) is 0 Å². The van der Waals surface area contributed by atoms with Crippen LogP contribution in [0, 0.1) is 11.3 Å². The molecule has 1 unspecified atom stereocenters. The molecule has 2 saturated heterocycles. The molecule has 6 heteroatoms. The molecule has 2 amide bonds. The van der Waals surface area contributed by atoms with E-state index in [1.165, 1.54) is 0 Å². The van der Waals surface area contributed by atoms with E-state index in [1.54, 1.807) is 7.11 Å². The van der Waals surface area contributed by atoms with E-state index >= 15 is 0 Å². The zero-order chi connectivity index (χ0) is 16.7. The zero-order valence-corrected chi connectivity index (χ0v) is 14.5. The molecule has 0 aliphatic carbocycles. The van der Waals surface area contributed by atoms with Crippen LogP contribution in [0.2, 0.25) is 0 Å². The van der Waals surface area contributed by atoms with Gasteiger partial charge in [0.05, 0.1) is 12.5 Å². The van der Waals surface area contributed by atoms with Gasteiger partial charge in [0.1, 0.15) is 0 Å². The van der Waals surface area contributed by atoms with Crippen molar-refractivity contribution in [1.29, 1.82) is 0 Å². The molecule has 2 heterocycles. The Balaban J connectivity index is 1.86. The fourth-order valence-electron chi connectivity index (χ4n) is 3.70. The fraction of sp³-hybridized carbons (Fsp3) is 0.882. The molecule has 0 bridgehead atoms. The minimum Gasteiger partial charge on any atom is -0.384 e. The van der Waals surface area contributed by atoms with Crippen molar-refractivity contribution in [2.75, 3.05) is 46.4 Å². The van der Waals surface area contributed by atoms with Crippen LogP contribution in [-0.4, -0.2) is 63.2 Å². The molecule has 1 atom stereocenters. The average molecular weight is 325 g/mol. The van der Waals surface area contributed by atoms with Gasteiger partial charge in [-0.05, 0) is 38.8 Å². The van der Waals surface area contributed by atoms with Crippen molar-refractivity contribution < 1.29 is 14.3 Å². The Morgan fingerprint density at radius 1 is 1.35 bits per heavy atom. The Morgan fingerprint density at radius 3 is 2.74 bits per heavy atom. The zero-order valence-electron chi connectivity index (χ0n) is 14.5. The number of amides is 2. The van der Waals surface area contributed by atoms with E-state index in [-0.39, 0.29) is 23.1 Å². The minimum atomic E-state index is -0.0689. The van der Waals surface area contributed by atoms with Gasteiger partial charge in [0.25, 0.3) is 0 Å². The van der Waals surface area contributed by atoms with E-state index in [4.69, 9.17) is 4.74 Å². The smallest absolute Gasteiger partial charge is 0.224 e. The molecule has 132 valence electrons. The summed E-state index contributed by atoms with van der Waals surface area (Å²) in [6.45, 7) is 6.52. The number of rotatable bonds is 6. The summed E-state index contributed by atoms with van der Waals surface area (Å²) >= 11 is 0. The van der Waals surface area contributed by atoms with E-state index in [0.29, 0.717) is 26.1 Å². The van der Waals surface area contributed by atoms with E-state index < -0.39 is 0 Å². The summed E-state index contributed by atoms with van der Waals surface area (Å²) in [5.41, 5.74) is 0.0449. The lowest BCUT2D eigenvalue weighted by atomic mass is 9.79. The second kappa shape index (κ2) is 8.64. The van der Waals surface area contributed by atoms with Crippen molar-refractivity contribution in [1.82, 2.24) is 15.5 Å². The first-order chi connectivity index (χ1) is 11.1. The number of carbonyl (C=O) groups is 2. The molecule has 2 aliphatic rings. The molecule has 0 spiro atoms. The molecule has 2 rings (SSSR count). The van der Waals surface area contributed by atoms with Gasteiger partial charge >= 0.3 is 0 Å². The summed E-state index contributed by atoms with van der Waals surface area (Å²) in [4.78, 5) is 26.2. The number of hydrogen-bond acceptors (Lipinski definition) is 4. The lowest BCUT2D eigenvalue weighted by Crippen LogP contribution is -2.50. The topological polar surface area (TPSA) is 70.7 Å². The van der Waals surface area contributed by atoms with Gasteiger partial charge < -0.3 is 20.3 Å². The molecule has 2 fully saturated rings. The van der Waals surface area contributed by atoms with E-state index in [0.717, 1.165) is 45.3 Å².